The summed E-state index contributed by atoms with van der Waals surface area (Å²) >= 11 is 0. The van der Waals surface area contributed by atoms with Gasteiger partial charge in [-0.3, -0.25) is 0 Å². The molecule has 19 heavy (non-hydrogen) atoms. The first kappa shape index (κ1) is 12.1. The van der Waals surface area contributed by atoms with Crippen LogP contribution in [-0.4, -0.2) is 47.3 Å². The molecule has 0 saturated carbocycles. The van der Waals surface area contributed by atoms with Crippen molar-refractivity contribution in [2.24, 2.45) is 5.73 Å². The van der Waals surface area contributed by atoms with Gasteiger partial charge in [0.15, 0.2) is 0 Å². The number of morpholine rings is 1. The summed E-state index contributed by atoms with van der Waals surface area (Å²) in [5.74, 6) is 0.717. The third-order valence-corrected chi connectivity index (χ3v) is 3.30. The highest BCUT2D eigenvalue weighted by atomic mass is 16.5. The lowest BCUT2D eigenvalue weighted by Crippen LogP contribution is -2.50. The molecule has 6 nitrogen and oxygen atoms in total. The largest absolute Gasteiger partial charge is 0.377 e. The Bertz CT molecular complexity index is 510. The Labute approximate surface area is 111 Å². The van der Waals surface area contributed by atoms with E-state index in [1.54, 1.807) is 0 Å². The zero-order valence-corrected chi connectivity index (χ0v) is 10.6. The second-order valence-corrected chi connectivity index (χ2v) is 4.51. The van der Waals surface area contributed by atoms with Gasteiger partial charge >= 0.3 is 0 Å². The summed E-state index contributed by atoms with van der Waals surface area (Å²) < 4.78 is 5.43. The topological polar surface area (TPSA) is 80.1 Å². The smallest absolute Gasteiger partial charge is 0.225 e. The second kappa shape index (κ2) is 5.38. The van der Waals surface area contributed by atoms with Gasteiger partial charge in [0.25, 0.3) is 0 Å². The van der Waals surface area contributed by atoms with Gasteiger partial charge in [-0.15, -0.1) is 0 Å². The van der Waals surface area contributed by atoms with Gasteiger partial charge in [0.1, 0.15) is 0 Å². The van der Waals surface area contributed by atoms with Crippen molar-refractivity contribution >= 4 is 5.95 Å². The van der Waals surface area contributed by atoms with Crippen molar-refractivity contribution in [1.29, 1.82) is 0 Å². The molecule has 3 heterocycles. The standard InChI is InChI=1S/C13H17N5O/c14-6-11-9-19-5-4-18(11)13-16-7-10(8-17-13)12-2-1-3-15-12/h1-3,7-8,11,15H,4-6,9,14H2. The first-order valence-electron chi connectivity index (χ1n) is 6.39. The van der Waals surface area contributed by atoms with E-state index in [4.69, 9.17) is 10.5 Å². The molecule has 1 aliphatic rings. The molecule has 6 heteroatoms. The van der Waals surface area contributed by atoms with E-state index < -0.39 is 0 Å². The number of hydrogen-bond acceptors (Lipinski definition) is 5. The van der Waals surface area contributed by atoms with Crippen LogP contribution >= 0.6 is 0 Å². The molecule has 0 aromatic carbocycles. The van der Waals surface area contributed by atoms with Crippen molar-refractivity contribution in [3.63, 3.8) is 0 Å². The average Bonchev–Trinajstić information content (AvgIpc) is 3.02. The number of nitrogens with two attached hydrogens (primary N) is 1. The predicted molar refractivity (Wildman–Crippen MR) is 72.8 cm³/mol. The highest BCUT2D eigenvalue weighted by Crippen LogP contribution is 2.18. The average molecular weight is 259 g/mol. The van der Waals surface area contributed by atoms with Crippen molar-refractivity contribution in [2.45, 2.75) is 6.04 Å². The number of H-pyrrole nitrogens is 1. The molecule has 3 N–H and O–H groups in total. The minimum absolute atomic E-state index is 0.157. The molecule has 1 aliphatic heterocycles. The first-order chi connectivity index (χ1) is 9.38. The van der Waals surface area contributed by atoms with Crippen LogP contribution in [0, 0.1) is 0 Å². The summed E-state index contributed by atoms with van der Waals surface area (Å²) in [4.78, 5) is 14.1. The number of ether oxygens (including phenoxy) is 1. The van der Waals surface area contributed by atoms with E-state index in [-0.39, 0.29) is 6.04 Å². The Morgan fingerprint density at radius 3 is 2.95 bits per heavy atom. The fraction of sp³-hybridized carbons (Fsp3) is 0.385. The Balaban J connectivity index is 1.81. The molecule has 1 atom stereocenters. The molecule has 1 fully saturated rings. The molecule has 0 radical (unpaired) electrons. The molecule has 0 aliphatic carbocycles. The number of nitrogens with zero attached hydrogens (tertiary/aromatic N) is 3. The molecular formula is C13H17N5O. The zero-order valence-electron chi connectivity index (χ0n) is 10.6. The Kier molecular flexibility index (Phi) is 3.43. The van der Waals surface area contributed by atoms with Gasteiger partial charge in [-0.1, -0.05) is 0 Å². The SMILES string of the molecule is NCC1COCCN1c1ncc(-c2ccc[nH]2)cn1. The second-order valence-electron chi connectivity index (χ2n) is 4.51. The maximum atomic E-state index is 5.76. The summed E-state index contributed by atoms with van der Waals surface area (Å²) in [5, 5.41) is 0. The quantitative estimate of drug-likeness (QED) is 0.845. The number of aromatic amines is 1. The van der Waals surface area contributed by atoms with Gasteiger partial charge in [-0.2, -0.15) is 0 Å². The van der Waals surface area contributed by atoms with E-state index in [2.05, 4.69) is 19.9 Å². The van der Waals surface area contributed by atoms with Crippen LogP contribution in [0.5, 0.6) is 0 Å². The molecule has 0 amide bonds. The van der Waals surface area contributed by atoms with E-state index in [1.807, 2.05) is 30.7 Å². The number of hydrogen-bond donors (Lipinski definition) is 2. The maximum absolute atomic E-state index is 5.76. The van der Waals surface area contributed by atoms with Gasteiger partial charge in [-0.25, -0.2) is 9.97 Å². The highest BCUT2D eigenvalue weighted by molar-refractivity contribution is 5.57. The summed E-state index contributed by atoms with van der Waals surface area (Å²) in [5.41, 5.74) is 7.75. The van der Waals surface area contributed by atoms with Gasteiger partial charge in [0.2, 0.25) is 5.95 Å². The molecule has 3 rings (SSSR count). The fourth-order valence-corrected chi connectivity index (χ4v) is 2.23. The molecule has 100 valence electrons. The summed E-state index contributed by atoms with van der Waals surface area (Å²) in [7, 11) is 0. The number of rotatable bonds is 3. The van der Waals surface area contributed by atoms with Crippen molar-refractivity contribution in [3.8, 4) is 11.3 Å². The molecule has 2 aromatic rings. The summed E-state index contributed by atoms with van der Waals surface area (Å²) in [6, 6.07) is 4.11. The van der Waals surface area contributed by atoms with Gasteiger partial charge in [0, 0.05) is 42.9 Å². The lowest BCUT2D eigenvalue weighted by molar-refractivity contribution is 0.0954. The third kappa shape index (κ3) is 2.45. The van der Waals surface area contributed by atoms with Crippen molar-refractivity contribution < 1.29 is 4.74 Å². The summed E-state index contributed by atoms with van der Waals surface area (Å²) in [6.45, 7) is 2.65. The fourth-order valence-electron chi connectivity index (χ4n) is 2.23. The molecule has 2 aromatic heterocycles. The molecule has 0 bridgehead atoms. The van der Waals surface area contributed by atoms with E-state index in [1.165, 1.54) is 0 Å². The zero-order chi connectivity index (χ0) is 13.1. The van der Waals surface area contributed by atoms with Crippen molar-refractivity contribution in [2.75, 3.05) is 31.2 Å². The van der Waals surface area contributed by atoms with E-state index >= 15 is 0 Å². The lowest BCUT2D eigenvalue weighted by Gasteiger charge is -2.34. The third-order valence-electron chi connectivity index (χ3n) is 3.30. The van der Waals surface area contributed by atoms with Gasteiger partial charge < -0.3 is 20.4 Å². The predicted octanol–water partition coefficient (Wildman–Crippen LogP) is 0.636. The van der Waals surface area contributed by atoms with Crippen LogP contribution in [0.1, 0.15) is 0 Å². The van der Waals surface area contributed by atoms with E-state index in [0.717, 1.165) is 17.8 Å². The van der Waals surface area contributed by atoms with E-state index in [9.17, 15) is 0 Å². The molecular weight excluding hydrogens is 242 g/mol. The van der Waals surface area contributed by atoms with Crippen LogP contribution < -0.4 is 10.6 Å². The first-order valence-corrected chi connectivity index (χ1v) is 6.39. The minimum atomic E-state index is 0.157. The van der Waals surface area contributed by atoms with Crippen LogP contribution in [0.3, 0.4) is 0 Å². The van der Waals surface area contributed by atoms with Crippen molar-refractivity contribution in [3.05, 3.63) is 30.7 Å². The lowest BCUT2D eigenvalue weighted by atomic mass is 10.2. The highest BCUT2D eigenvalue weighted by Gasteiger charge is 2.23. The summed E-state index contributed by atoms with van der Waals surface area (Å²) in [6.07, 6.45) is 5.55. The normalized spacial score (nSPS) is 19.6. The Morgan fingerprint density at radius 1 is 1.42 bits per heavy atom. The van der Waals surface area contributed by atoms with Crippen LogP contribution in [0.15, 0.2) is 30.7 Å². The van der Waals surface area contributed by atoms with Crippen LogP contribution in [-0.2, 0) is 4.74 Å². The van der Waals surface area contributed by atoms with Crippen LogP contribution in [0.25, 0.3) is 11.3 Å². The minimum Gasteiger partial charge on any atom is -0.377 e. The van der Waals surface area contributed by atoms with E-state index in [0.29, 0.717) is 25.7 Å². The Hall–Kier alpha value is -1.92. The number of anilines is 1. The van der Waals surface area contributed by atoms with Gasteiger partial charge in [0.05, 0.1) is 19.3 Å². The van der Waals surface area contributed by atoms with Crippen LogP contribution in [0.4, 0.5) is 5.95 Å². The number of aromatic nitrogens is 3. The van der Waals surface area contributed by atoms with Gasteiger partial charge in [-0.05, 0) is 12.1 Å². The monoisotopic (exact) mass is 259 g/mol. The molecule has 0 spiro atoms. The molecule has 1 saturated heterocycles. The Morgan fingerprint density at radius 2 is 2.26 bits per heavy atom. The molecule has 1 unspecified atom stereocenters. The number of nitrogens with one attached hydrogen (secondary N) is 1. The van der Waals surface area contributed by atoms with Crippen molar-refractivity contribution in [1.82, 2.24) is 15.0 Å². The maximum Gasteiger partial charge on any atom is 0.225 e. The van der Waals surface area contributed by atoms with Crippen LogP contribution in [0.2, 0.25) is 0 Å².